The maximum absolute atomic E-state index is 12.5. The second-order valence-electron chi connectivity index (χ2n) is 7.28. The van der Waals surface area contributed by atoms with E-state index < -0.39 is 10.0 Å². The summed E-state index contributed by atoms with van der Waals surface area (Å²) in [5.41, 5.74) is 3.20. The average Bonchev–Trinajstić information content (AvgIpc) is 2.68. The highest BCUT2D eigenvalue weighted by Gasteiger charge is 2.27. The average molecular weight is 457 g/mol. The quantitative estimate of drug-likeness (QED) is 0.602. The lowest BCUT2D eigenvalue weighted by atomic mass is 9.85. The number of rotatable bonds is 8. The lowest BCUT2D eigenvalue weighted by Crippen LogP contribution is -2.31. The van der Waals surface area contributed by atoms with Crippen molar-refractivity contribution >= 4 is 33.2 Å². The Morgan fingerprint density at radius 1 is 1.17 bits per heavy atom. The molecule has 0 saturated heterocycles. The molecule has 158 valence electrons. The molecular weight excluding hydrogens is 431 g/mol. The van der Waals surface area contributed by atoms with Crippen LogP contribution < -0.4 is 4.72 Å². The number of nitrogens with zero attached hydrogens (tertiary/aromatic N) is 1. The highest BCUT2D eigenvalue weighted by Crippen LogP contribution is 2.38. The van der Waals surface area contributed by atoms with Gasteiger partial charge in [0.15, 0.2) is 0 Å². The number of sulfonamides is 1. The fourth-order valence-electron chi connectivity index (χ4n) is 3.59. The first-order valence-corrected chi connectivity index (χ1v) is 11.9. The van der Waals surface area contributed by atoms with Crippen molar-refractivity contribution in [3.05, 3.63) is 63.1 Å². The monoisotopic (exact) mass is 456 g/mol. The number of ether oxygens (including phenoxy) is 1. The first-order chi connectivity index (χ1) is 13.8. The van der Waals surface area contributed by atoms with Crippen LogP contribution in [0.2, 0.25) is 10.0 Å². The van der Waals surface area contributed by atoms with Crippen molar-refractivity contribution in [3.63, 3.8) is 0 Å². The predicted octanol–water partition coefficient (Wildman–Crippen LogP) is 4.28. The molecule has 2 aromatic carbocycles. The maximum atomic E-state index is 12.5. The fourth-order valence-corrected chi connectivity index (χ4v) is 5.17. The van der Waals surface area contributed by atoms with E-state index in [1.807, 2.05) is 32.2 Å². The molecule has 0 saturated carbocycles. The smallest absolute Gasteiger partial charge is 0.240 e. The molecule has 29 heavy (non-hydrogen) atoms. The van der Waals surface area contributed by atoms with Gasteiger partial charge in [0.2, 0.25) is 10.0 Å². The summed E-state index contributed by atoms with van der Waals surface area (Å²) in [7, 11) is -1.52. The Bertz CT molecular complexity index is 949. The summed E-state index contributed by atoms with van der Waals surface area (Å²) >= 11 is 12.7. The fraction of sp³-hybridized carbons (Fsp3) is 0.429. The Kier molecular flexibility index (Phi) is 7.59. The predicted molar refractivity (Wildman–Crippen MR) is 117 cm³/mol. The van der Waals surface area contributed by atoms with E-state index in [0.717, 1.165) is 36.2 Å². The van der Waals surface area contributed by atoms with E-state index >= 15 is 0 Å². The van der Waals surface area contributed by atoms with Gasteiger partial charge in [-0.05, 0) is 54.4 Å². The Hall–Kier alpha value is -1.15. The van der Waals surface area contributed by atoms with Crippen molar-refractivity contribution < 1.29 is 13.2 Å². The van der Waals surface area contributed by atoms with Crippen molar-refractivity contribution in [2.24, 2.45) is 0 Å². The van der Waals surface area contributed by atoms with Gasteiger partial charge < -0.3 is 9.64 Å². The van der Waals surface area contributed by atoms with E-state index in [0.29, 0.717) is 23.3 Å². The van der Waals surface area contributed by atoms with Crippen molar-refractivity contribution in [3.8, 4) is 0 Å². The first kappa shape index (κ1) is 22.5. The van der Waals surface area contributed by atoms with Crippen LogP contribution >= 0.6 is 23.2 Å². The van der Waals surface area contributed by atoms with Crippen molar-refractivity contribution in [1.29, 1.82) is 0 Å². The molecule has 0 radical (unpaired) electrons. The molecule has 2 aromatic rings. The summed E-state index contributed by atoms with van der Waals surface area (Å²) < 4.78 is 32.9. The number of benzene rings is 2. The first-order valence-electron chi connectivity index (χ1n) is 9.65. The number of halogens is 2. The number of likely N-dealkylation sites (N-methyl/N-ethyl adjacent to an activating group) is 1. The standard InChI is InChI=1S/C21H26Cl2N2O3S/c1-3-9-28-10-8-24-29(26,27)17-6-4-15(5-7-17)19-13-25(2)14-20-18(19)11-16(22)12-21(20)23/h4-7,11-12,19,24H,3,8-10,13-14H2,1-2H3. The SMILES string of the molecule is CCCOCCNS(=O)(=O)c1ccc(C2CN(C)Cc3c(Cl)cc(Cl)cc32)cc1. The zero-order chi connectivity index (χ0) is 21.0. The lowest BCUT2D eigenvalue weighted by Gasteiger charge is -2.33. The minimum Gasteiger partial charge on any atom is -0.380 e. The third-order valence-electron chi connectivity index (χ3n) is 4.97. The molecule has 1 heterocycles. The summed E-state index contributed by atoms with van der Waals surface area (Å²) in [6.45, 7) is 4.82. The van der Waals surface area contributed by atoms with Gasteiger partial charge in [0.1, 0.15) is 0 Å². The van der Waals surface area contributed by atoms with Crippen LogP contribution in [0.3, 0.4) is 0 Å². The van der Waals surface area contributed by atoms with Gasteiger partial charge in [-0.2, -0.15) is 0 Å². The Morgan fingerprint density at radius 3 is 2.59 bits per heavy atom. The summed E-state index contributed by atoms with van der Waals surface area (Å²) in [6, 6.07) is 10.7. The van der Waals surface area contributed by atoms with E-state index in [2.05, 4.69) is 9.62 Å². The summed E-state index contributed by atoms with van der Waals surface area (Å²) in [4.78, 5) is 2.44. The normalized spacial score (nSPS) is 17.3. The second kappa shape index (κ2) is 9.77. The highest BCUT2D eigenvalue weighted by molar-refractivity contribution is 7.89. The van der Waals surface area contributed by atoms with Gasteiger partial charge in [-0.25, -0.2) is 13.1 Å². The molecule has 0 spiro atoms. The molecule has 1 unspecified atom stereocenters. The molecule has 0 bridgehead atoms. The third kappa shape index (κ3) is 5.51. The highest BCUT2D eigenvalue weighted by atomic mass is 35.5. The van der Waals surface area contributed by atoms with Gasteiger partial charge in [0.05, 0.1) is 11.5 Å². The molecule has 1 N–H and O–H groups in total. The largest absolute Gasteiger partial charge is 0.380 e. The van der Waals surface area contributed by atoms with E-state index in [1.54, 1.807) is 18.2 Å². The van der Waals surface area contributed by atoms with Gasteiger partial charge in [0.25, 0.3) is 0 Å². The van der Waals surface area contributed by atoms with Gasteiger partial charge in [-0.15, -0.1) is 0 Å². The topological polar surface area (TPSA) is 58.6 Å². The summed E-state index contributed by atoms with van der Waals surface area (Å²) in [5, 5.41) is 1.27. The molecule has 1 aliphatic heterocycles. The van der Waals surface area contributed by atoms with E-state index in [-0.39, 0.29) is 17.4 Å². The van der Waals surface area contributed by atoms with E-state index in [1.165, 1.54) is 0 Å². The van der Waals surface area contributed by atoms with Crippen LogP contribution in [-0.2, 0) is 21.3 Å². The molecule has 0 amide bonds. The van der Waals surface area contributed by atoms with Gasteiger partial charge in [0, 0.05) is 42.2 Å². The molecule has 5 nitrogen and oxygen atoms in total. The van der Waals surface area contributed by atoms with Gasteiger partial charge >= 0.3 is 0 Å². The van der Waals surface area contributed by atoms with E-state index in [4.69, 9.17) is 27.9 Å². The molecule has 1 atom stereocenters. The summed E-state index contributed by atoms with van der Waals surface area (Å²) in [6.07, 6.45) is 0.907. The van der Waals surface area contributed by atoms with Crippen LogP contribution in [0.5, 0.6) is 0 Å². The molecule has 3 rings (SSSR count). The Morgan fingerprint density at radius 2 is 1.90 bits per heavy atom. The Balaban J connectivity index is 1.79. The molecule has 0 fully saturated rings. The van der Waals surface area contributed by atoms with Gasteiger partial charge in [-0.1, -0.05) is 42.3 Å². The van der Waals surface area contributed by atoms with Crippen LogP contribution in [0.1, 0.15) is 36.0 Å². The van der Waals surface area contributed by atoms with Gasteiger partial charge in [-0.3, -0.25) is 0 Å². The molecule has 0 aromatic heterocycles. The molecule has 0 aliphatic carbocycles. The number of hydrogen-bond donors (Lipinski definition) is 1. The maximum Gasteiger partial charge on any atom is 0.240 e. The number of fused-ring (bicyclic) bond motifs is 1. The van der Waals surface area contributed by atoms with Crippen LogP contribution in [0, 0.1) is 0 Å². The molecule has 1 aliphatic rings. The van der Waals surface area contributed by atoms with Crippen LogP contribution in [0.15, 0.2) is 41.3 Å². The van der Waals surface area contributed by atoms with Crippen LogP contribution in [-0.4, -0.2) is 46.7 Å². The Labute approximate surface area is 183 Å². The third-order valence-corrected chi connectivity index (χ3v) is 7.00. The zero-order valence-corrected chi connectivity index (χ0v) is 18.9. The zero-order valence-electron chi connectivity index (χ0n) is 16.6. The summed E-state index contributed by atoms with van der Waals surface area (Å²) in [5.74, 6) is 0.0760. The molecular formula is C21H26Cl2N2O3S. The van der Waals surface area contributed by atoms with Crippen molar-refractivity contribution in [2.75, 3.05) is 33.4 Å². The van der Waals surface area contributed by atoms with Crippen LogP contribution in [0.4, 0.5) is 0 Å². The minimum atomic E-state index is -3.56. The van der Waals surface area contributed by atoms with Crippen LogP contribution in [0.25, 0.3) is 0 Å². The van der Waals surface area contributed by atoms with Crippen molar-refractivity contribution in [2.45, 2.75) is 30.7 Å². The van der Waals surface area contributed by atoms with E-state index in [9.17, 15) is 8.42 Å². The van der Waals surface area contributed by atoms with Crippen molar-refractivity contribution in [1.82, 2.24) is 9.62 Å². The number of nitrogens with one attached hydrogen (secondary N) is 1. The molecule has 8 heteroatoms. The second-order valence-corrected chi connectivity index (χ2v) is 9.89. The number of hydrogen-bond acceptors (Lipinski definition) is 4. The lowest BCUT2D eigenvalue weighted by molar-refractivity contribution is 0.140. The minimum absolute atomic E-state index is 0.0760.